The molecular weight excluding hydrogens is 319 g/mol. The summed E-state index contributed by atoms with van der Waals surface area (Å²) in [5.41, 5.74) is 7.08. The highest BCUT2D eigenvalue weighted by molar-refractivity contribution is 9.10. The van der Waals surface area contributed by atoms with Gasteiger partial charge < -0.3 is 5.73 Å². The Labute approximate surface area is 129 Å². The first kappa shape index (κ1) is 15.9. The molecule has 2 N–H and O–H groups in total. The minimum absolute atomic E-state index is 0.00972. The summed E-state index contributed by atoms with van der Waals surface area (Å²) < 4.78 is 14.9. The van der Waals surface area contributed by atoms with Crippen molar-refractivity contribution in [3.05, 3.63) is 34.1 Å². The van der Waals surface area contributed by atoms with Crippen molar-refractivity contribution in [1.29, 1.82) is 0 Å². The fourth-order valence-electron chi connectivity index (χ4n) is 2.97. The highest BCUT2D eigenvalue weighted by atomic mass is 79.9. The average molecular weight is 343 g/mol. The molecule has 4 heteroatoms. The molecule has 1 aromatic carbocycles. The monoisotopic (exact) mass is 342 g/mol. The topological polar surface area (TPSA) is 29.3 Å². The fraction of sp³-hybridized carbons (Fsp3) is 0.625. The van der Waals surface area contributed by atoms with Gasteiger partial charge in [0.05, 0.1) is 0 Å². The quantitative estimate of drug-likeness (QED) is 0.892. The lowest BCUT2D eigenvalue weighted by molar-refractivity contribution is 0.0816. The molecule has 1 heterocycles. The van der Waals surface area contributed by atoms with Gasteiger partial charge in [0.25, 0.3) is 0 Å². The number of rotatable bonds is 4. The molecule has 1 aliphatic heterocycles. The number of hydrogen-bond acceptors (Lipinski definition) is 2. The molecule has 0 aromatic heterocycles. The van der Waals surface area contributed by atoms with Crippen LogP contribution in [0, 0.1) is 11.2 Å². The van der Waals surface area contributed by atoms with E-state index in [9.17, 15) is 4.39 Å². The van der Waals surface area contributed by atoms with E-state index in [4.69, 9.17) is 5.73 Å². The van der Waals surface area contributed by atoms with E-state index in [0.29, 0.717) is 12.0 Å². The maximum atomic E-state index is 14.1. The third kappa shape index (κ3) is 3.41. The van der Waals surface area contributed by atoms with Crippen molar-refractivity contribution in [2.24, 2.45) is 11.1 Å². The summed E-state index contributed by atoms with van der Waals surface area (Å²) in [4.78, 5) is 2.34. The van der Waals surface area contributed by atoms with Crippen molar-refractivity contribution in [2.45, 2.75) is 39.2 Å². The first-order valence-electron chi connectivity index (χ1n) is 7.38. The molecule has 1 aliphatic rings. The number of nitrogens with two attached hydrogens (primary N) is 1. The Morgan fingerprint density at radius 1 is 1.40 bits per heavy atom. The second-order valence-corrected chi connectivity index (χ2v) is 7.03. The van der Waals surface area contributed by atoms with Gasteiger partial charge in [0, 0.05) is 22.6 Å². The van der Waals surface area contributed by atoms with Gasteiger partial charge in [-0.05, 0) is 43.5 Å². The van der Waals surface area contributed by atoms with E-state index < -0.39 is 0 Å². The SMILES string of the molecule is CCC1(C)CCN(C(CN)c2ccc(Br)cc2F)CC1. The van der Waals surface area contributed by atoms with Crippen LogP contribution in [0.25, 0.3) is 0 Å². The number of nitrogens with zero attached hydrogens (tertiary/aromatic N) is 1. The molecule has 2 nitrogen and oxygen atoms in total. The second kappa shape index (κ2) is 6.54. The van der Waals surface area contributed by atoms with E-state index in [0.717, 1.165) is 36.0 Å². The molecule has 1 atom stereocenters. The van der Waals surface area contributed by atoms with Crippen molar-refractivity contribution in [3.8, 4) is 0 Å². The summed E-state index contributed by atoms with van der Waals surface area (Å²) in [5, 5.41) is 0. The highest BCUT2D eigenvalue weighted by Crippen LogP contribution is 2.37. The van der Waals surface area contributed by atoms with E-state index in [1.54, 1.807) is 0 Å². The van der Waals surface area contributed by atoms with Gasteiger partial charge in [-0.1, -0.05) is 42.3 Å². The first-order valence-corrected chi connectivity index (χ1v) is 8.17. The molecule has 0 aliphatic carbocycles. The summed E-state index contributed by atoms with van der Waals surface area (Å²) in [6.45, 7) is 7.07. The van der Waals surface area contributed by atoms with Gasteiger partial charge in [0.1, 0.15) is 5.82 Å². The predicted octanol–water partition coefficient (Wildman–Crippen LogP) is 4.10. The van der Waals surface area contributed by atoms with Gasteiger partial charge in [-0.15, -0.1) is 0 Å². The van der Waals surface area contributed by atoms with Crippen molar-refractivity contribution in [1.82, 2.24) is 4.90 Å². The van der Waals surface area contributed by atoms with E-state index in [-0.39, 0.29) is 11.9 Å². The molecular formula is C16H24BrFN2. The highest BCUT2D eigenvalue weighted by Gasteiger charge is 2.32. The molecule has 1 saturated heterocycles. The van der Waals surface area contributed by atoms with Crippen LogP contribution in [0.5, 0.6) is 0 Å². The number of piperidine rings is 1. The Hall–Kier alpha value is -0.450. The van der Waals surface area contributed by atoms with Crippen molar-refractivity contribution >= 4 is 15.9 Å². The van der Waals surface area contributed by atoms with Gasteiger partial charge in [0.2, 0.25) is 0 Å². The van der Waals surface area contributed by atoms with Crippen LogP contribution in [0.3, 0.4) is 0 Å². The van der Waals surface area contributed by atoms with Gasteiger partial charge >= 0.3 is 0 Å². The molecule has 0 amide bonds. The largest absolute Gasteiger partial charge is 0.329 e. The van der Waals surface area contributed by atoms with Crippen LogP contribution in [-0.4, -0.2) is 24.5 Å². The lowest BCUT2D eigenvalue weighted by atomic mass is 9.78. The van der Waals surface area contributed by atoms with Gasteiger partial charge in [-0.2, -0.15) is 0 Å². The number of likely N-dealkylation sites (tertiary alicyclic amines) is 1. The molecule has 1 unspecified atom stereocenters. The number of halogens is 2. The van der Waals surface area contributed by atoms with Crippen molar-refractivity contribution in [2.75, 3.05) is 19.6 Å². The first-order chi connectivity index (χ1) is 9.49. The third-order valence-corrected chi connectivity index (χ3v) is 5.34. The molecule has 1 fully saturated rings. The van der Waals surface area contributed by atoms with E-state index in [2.05, 4.69) is 34.7 Å². The van der Waals surface area contributed by atoms with Crippen LogP contribution in [0.1, 0.15) is 44.7 Å². The fourth-order valence-corrected chi connectivity index (χ4v) is 3.31. The van der Waals surface area contributed by atoms with Crippen molar-refractivity contribution < 1.29 is 4.39 Å². The van der Waals surface area contributed by atoms with Crippen LogP contribution in [0.15, 0.2) is 22.7 Å². The standard InChI is InChI=1S/C16H24BrFN2/c1-3-16(2)6-8-20(9-7-16)15(11-19)13-5-4-12(17)10-14(13)18/h4-5,10,15H,3,6-9,11,19H2,1-2H3. The molecule has 2 rings (SSSR count). The van der Waals surface area contributed by atoms with E-state index in [1.165, 1.54) is 12.5 Å². The minimum Gasteiger partial charge on any atom is -0.329 e. The summed E-state index contributed by atoms with van der Waals surface area (Å²) in [7, 11) is 0. The Kier molecular flexibility index (Phi) is 5.21. The predicted molar refractivity (Wildman–Crippen MR) is 85.1 cm³/mol. The zero-order valence-corrected chi connectivity index (χ0v) is 13.9. The second-order valence-electron chi connectivity index (χ2n) is 6.12. The molecule has 112 valence electrons. The summed E-state index contributed by atoms with van der Waals surface area (Å²) >= 11 is 3.30. The van der Waals surface area contributed by atoms with Crippen molar-refractivity contribution in [3.63, 3.8) is 0 Å². The summed E-state index contributed by atoms with van der Waals surface area (Å²) in [6.07, 6.45) is 3.54. The molecule has 20 heavy (non-hydrogen) atoms. The van der Waals surface area contributed by atoms with Crippen LogP contribution < -0.4 is 5.73 Å². The number of hydrogen-bond donors (Lipinski definition) is 1. The maximum absolute atomic E-state index is 14.1. The summed E-state index contributed by atoms with van der Waals surface area (Å²) in [5.74, 6) is -0.168. The molecule has 0 saturated carbocycles. The third-order valence-electron chi connectivity index (χ3n) is 4.84. The van der Waals surface area contributed by atoms with E-state index >= 15 is 0 Å². The van der Waals surface area contributed by atoms with Gasteiger partial charge in [-0.3, -0.25) is 4.90 Å². The zero-order valence-electron chi connectivity index (χ0n) is 12.3. The van der Waals surface area contributed by atoms with Gasteiger partial charge in [0.15, 0.2) is 0 Å². The Morgan fingerprint density at radius 3 is 2.55 bits per heavy atom. The molecule has 0 radical (unpaired) electrons. The minimum atomic E-state index is -0.168. The number of benzene rings is 1. The molecule has 1 aromatic rings. The van der Waals surface area contributed by atoms with Crippen LogP contribution in [0.2, 0.25) is 0 Å². The normalized spacial score (nSPS) is 20.9. The van der Waals surface area contributed by atoms with Crippen LogP contribution in [0.4, 0.5) is 4.39 Å². The average Bonchev–Trinajstić information content (AvgIpc) is 2.44. The van der Waals surface area contributed by atoms with Crippen LogP contribution in [-0.2, 0) is 0 Å². The van der Waals surface area contributed by atoms with Crippen LogP contribution >= 0.6 is 15.9 Å². The smallest absolute Gasteiger partial charge is 0.129 e. The molecule has 0 bridgehead atoms. The summed E-state index contributed by atoms with van der Waals surface area (Å²) in [6, 6.07) is 5.26. The Balaban J connectivity index is 2.13. The van der Waals surface area contributed by atoms with E-state index in [1.807, 2.05) is 12.1 Å². The maximum Gasteiger partial charge on any atom is 0.129 e. The van der Waals surface area contributed by atoms with Gasteiger partial charge in [-0.25, -0.2) is 4.39 Å². The lowest BCUT2D eigenvalue weighted by Gasteiger charge is -2.42. The Morgan fingerprint density at radius 2 is 2.05 bits per heavy atom. The zero-order chi connectivity index (χ0) is 14.8. The Bertz CT molecular complexity index is 456. The lowest BCUT2D eigenvalue weighted by Crippen LogP contribution is -2.43. The molecule has 0 spiro atoms.